The highest BCUT2D eigenvalue weighted by Crippen LogP contribution is 2.57. The third-order valence-electron chi connectivity index (χ3n) is 2.23. The lowest BCUT2D eigenvalue weighted by Gasteiger charge is -2.45. The van der Waals surface area contributed by atoms with Gasteiger partial charge in [0.2, 0.25) is 0 Å². The van der Waals surface area contributed by atoms with E-state index in [9.17, 15) is 17.6 Å². The Kier molecular flexibility index (Phi) is 1.69. The van der Waals surface area contributed by atoms with Crippen LogP contribution < -0.4 is 0 Å². The molecule has 1 rings (SSSR count). The number of halogens is 4. The summed E-state index contributed by atoms with van der Waals surface area (Å²) < 4.78 is 49.3. The topological polar surface area (TPSA) is 0 Å². The van der Waals surface area contributed by atoms with Gasteiger partial charge >= 0.3 is 11.8 Å². The molecule has 1 aliphatic rings. The minimum atomic E-state index is -3.78. The van der Waals surface area contributed by atoms with Crippen molar-refractivity contribution in [2.24, 2.45) is 11.8 Å². The number of alkyl halides is 4. The Morgan fingerprint density at radius 2 is 1.64 bits per heavy atom. The Morgan fingerprint density at radius 1 is 1.18 bits per heavy atom. The summed E-state index contributed by atoms with van der Waals surface area (Å²) >= 11 is 0. The average molecular weight is 170 g/mol. The molecule has 1 unspecified atom stereocenters. The third kappa shape index (κ3) is 1.03. The Hall–Kier alpha value is -0.280. The predicted molar refractivity (Wildman–Crippen MR) is 32.8 cm³/mol. The van der Waals surface area contributed by atoms with Crippen LogP contribution in [-0.4, -0.2) is 11.8 Å². The molecule has 0 heterocycles. The monoisotopic (exact) mass is 170 g/mol. The first-order valence-corrected chi connectivity index (χ1v) is 3.54. The molecule has 0 aromatic carbocycles. The summed E-state index contributed by atoms with van der Waals surface area (Å²) in [4.78, 5) is 0. The van der Waals surface area contributed by atoms with Crippen LogP contribution >= 0.6 is 0 Å². The molecule has 0 saturated heterocycles. The number of hydrogen-bond donors (Lipinski definition) is 0. The molecule has 0 amide bonds. The van der Waals surface area contributed by atoms with Crippen molar-refractivity contribution in [3.63, 3.8) is 0 Å². The summed E-state index contributed by atoms with van der Waals surface area (Å²) in [6, 6.07) is 0. The largest absolute Gasteiger partial charge is 0.313 e. The van der Waals surface area contributed by atoms with Crippen molar-refractivity contribution in [1.29, 1.82) is 0 Å². The standard InChI is InChI=1S/C7H10F4/c1-4(2)5-3-6(8,9)7(5,10)11/h4-5H,3H2,1-2H3. The van der Waals surface area contributed by atoms with Crippen molar-refractivity contribution in [2.45, 2.75) is 32.1 Å². The van der Waals surface area contributed by atoms with Crippen LogP contribution in [-0.2, 0) is 0 Å². The second-order valence-corrected chi connectivity index (χ2v) is 3.38. The van der Waals surface area contributed by atoms with E-state index in [1.807, 2.05) is 0 Å². The molecular weight excluding hydrogens is 160 g/mol. The van der Waals surface area contributed by atoms with Crippen LogP contribution in [0.3, 0.4) is 0 Å². The van der Waals surface area contributed by atoms with Crippen LogP contribution in [0.4, 0.5) is 17.6 Å². The molecule has 66 valence electrons. The summed E-state index contributed by atoms with van der Waals surface area (Å²) in [6.07, 6.45) is -0.669. The second-order valence-electron chi connectivity index (χ2n) is 3.38. The minimum absolute atomic E-state index is 0.371. The highest BCUT2D eigenvalue weighted by Gasteiger charge is 2.71. The fraction of sp³-hybridized carbons (Fsp3) is 1.00. The van der Waals surface area contributed by atoms with Crippen LogP contribution in [0, 0.1) is 11.8 Å². The maximum absolute atomic E-state index is 12.5. The fourth-order valence-electron chi connectivity index (χ4n) is 1.33. The molecule has 11 heavy (non-hydrogen) atoms. The summed E-state index contributed by atoms with van der Waals surface area (Å²) in [5.74, 6) is -9.05. The molecule has 0 spiro atoms. The van der Waals surface area contributed by atoms with E-state index in [1.165, 1.54) is 13.8 Å². The molecule has 0 bridgehead atoms. The first kappa shape index (κ1) is 8.81. The summed E-state index contributed by atoms with van der Waals surface area (Å²) in [5.41, 5.74) is 0. The van der Waals surface area contributed by atoms with Crippen LogP contribution in [0.1, 0.15) is 20.3 Å². The average Bonchev–Trinajstić information content (AvgIpc) is 1.82. The number of hydrogen-bond acceptors (Lipinski definition) is 0. The van der Waals surface area contributed by atoms with Gasteiger partial charge in [-0.15, -0.1) is 0 Å². The van der Waals surface area contributed by atoms with Gasteiger partial charge in [-0.2, -0.15) is 17.6 Å². The quantitative estimate of drug-likeness (QED) is 0.531. The van der Waals surface area contributed by atoms with Gasteiger partial charge in [-0.25, -0.2) is 0 Å². The van der Waals surface area contributed by atoms with Gasteiger partial charge in [-0.05, 0) is 5.92 Å². The highest BCUT2D eigenvalue weighted by molar-refractivity contribution is 5.04. The molecule has 1 saturated carbocycles. The molecule has 1 atom stereocenters. The zero-order chi connectivity index (χ0) is 8.86. The molecule has 1 aliphatic carbocycles. The lowest BCUT2D eigenvalue weighted by Crippen LogP contribution is -2.60. The molecular formula is C7H10F4. The molecule has 0 nitrogen and oxygen atoms in total. The van der Waals surface area contributed by atoms with E-state index in [-0.39, 0.29) is 5.92 Å². The first-order chi connectivity index (χ1) is 4.79. The third-order valence-corrected chi connectivity index (χ3v) is 2.23. The zero-order valence-corrected chi connectivity index (χ0v) is 6.37. The summed E-state index contributed by atoms with van der Waals surface area (Å²) in [7, 11) is 0. The SMILES string of the molecule is CC(C)C1CC(F)(F)C1(F)F. The van der Waals surface area contributed by atoms with Gasteiger partial charge in [0.15, 0.2) is 0 Å². The van der Waals surface area contributed by atoms with Crippen molar-refractivity contribution in [3.8, 4) is 0 Å². The molecule has 0 aliphatic heterocycles. The normalized spacial score (nSPS) is 33.5. The van der Waals surface area contributed by atoms with E-state index in [1.54, 1.807) is 0 Å². The van der Waals surface area contributed by atoms with Gasteiger partial charge < -0.3 is 0 Å². The van der Waals surface area contributed by atoms with E-state index < -0.39 is 24.2 Å². The summed E-state index contributed by atoms with van der Waals surface area (Å²) in [5, 5.41) is 0. The Morgan fingerprint density at radius 3 is 1.73 bits per heavy atom. The lowest BCUT2D eigenvalue weighted by atomic mass is 9.70. The van der Waals surface area contributed by atoms with E-state index in [0.717, 1.165) is 0 Å². The van der Waals surface area contributed by atoms with Crippen molar-refractivity contribution in [3.05, 3.63) is 0 Å². The minimum Gasteiger partial charge on any atom is -0.200 e. The van der Waals surface area contributed by atoms with Gasteiger partial charge in [0, 0.05) is 12.3 Å². The molecule has 0 radical (unpaired) electrons. The fourth-order valence-corrected chi connectivity index (χ4v) is 1.33. The number of rotatable bonds is 1. The van der Waals surface area contributed by atoms with Gasteiger partial charge in [-0.3, -0.25) is 0 Å². The molecule has 0 aromatic heterocycles. The van der Waals surface area contributed by atoms with Gasteiger partial charge in [0.1, 0.15) is 0 Å². The summed E-state index contributed by atoms with van der Waals surface area (Å²) in [6.45, 7) is 3.07. The maximum atomic E-state index is 12.5. The van der Waals surface area contributed by atoms with Crippen LogP contribution in [0.15, 0.2) is 0 Å². The predicted octanol–water partition coefficient (Wildman–Crippen LogP) is 2.93. The van der Waals surface area contributed by atoms with E-state index in [0.29, 0.717) is 0 Å². The Labute approximate surface area is 62.6 Å². The first-order valence-electron chi connectivity index (χ1n) is 3.54. The maximum Gasteiger partial charge on any atom is 0.313 e. The molecule has 0 aromatic rings. The second kappa shape index (κ2) is 2.11. The highest BCUT2D eigenvalue weighted by atomic mass is 19.3. The van der Waals surface area contributed by atoms with Gasteiger partial charge in [0.05, 0.1) is 0 Å². The zero-order valence-electron chi connectivity index (χ0n) is 6.37. The van der Waals surface area contributed by atoms with Crippen molar-refractivity contribution in [1.82, 2.24) is 0 Å². The van der Waals surface area contributed by atoms with E-state index in [4.69, 9.17) is 0 Å². The Bertz CT molecular complexity index is 162. The van der Waals surface area contributed by atoms with Crippen LogP contribution in [0.5, 0.6) is 0 Å². The van der Waals surface area contributed by atoms with Gasteiger partial charge in [0.25, 0.3) is 0 Å². The van der Waals surface area contributed by atoms with Crippen molar-refractivity contribution < 1.29 is 17.6 Å². The van der Waals surface area contributed by atoms with Crippen LogP contribution in [0.25, 0.3) is 0 Å². The van der Waals surface area contributed by atoms with Crippen molar-refractivity contribution in [2.75, 3.05) is 0 Å². The molecule has 4 heteroatoms. The lowest BCUT2D eigenvalue weighted by molar-refractivity contribution is -0.322. The molecule has 1 fully saturated rings. The Balaban J connectivity index is 2.69. The van der Waals surface area contributed by atoms with E-state index in [2.05, 4.69) is 0 Å². The van der Waals surface area contributed by atoms with Gasteiger partial charge in [-0.1, -0.05) is 13.8 Å². The smallest absolute Gasteiger partial charge is 0.200 e. The van der Waals surface area contributed by atoms with E-state index >= 15 is 0 Å². The van der Waals surface area contributed by atoms with Crippen LogP contribution in [0.2, 0.25) is 0 Å². The molecule has 0 N–H and O–H groups in total. The van der Waals surface area contributed by atoms with Crippen molar-refractivity contribution >= 4 is 0 Å².